The molecule has 2 N–H and O–H groups in total. The van der Waals surface area contributed by atoms with Crippen LogP contribution in [0.3, 0.4) is 0 Å². The smallest absolute Gasteiger partial charge is 0.217 e. The van der Waals surface area contributed by atoms with Crippen LogP contribution in [0.1, 0.15) is 12.5 Å². The summed E-state index contributed by atoms with van der Waals surface area (Å²) in [5, 5.41) is 3.82. The summed E-state index contributed by atoms with van der Waals surface area (Å²) in [5.74, 6) is -0.0227. The monoisotopic (exact) mass is 189 g/mol. The van der Waals surface area contributed by atoms with Crippen LogP contribution >= 0.6 is 0 Å². The summed E-state index contributed by atoms with van der Waals surface area (Å²) in [4.78, 5) is 17.9. The van der Waals surface area contributed by atoms with E-state index in [-0.39, 0.29) is 5.91 Å². The SMILES string of the molecule is CC(=O)NCc1ccnc2[nH]ccc12. The van der Waals surface area contributed by atoms with Gasteiger partial charge in [-0.15, -0.1) is 0 Å². The lowest BCUT2D eigenvalue weighted by molar-refractivity contribution is -0.119. The molecule has 2 rings (SSSR count). The number of carbonyl (C=O) groups excluding carboxylic acids is 1. The molecule has 2 heterocycles. The largest absolute Gasteiger partial charge is 0.352 e. The van der Waals surface area contributed by atoms with Gasteiger partial charge in [0.1, 0.15) is 5.65 Å². The first kappa shape index (κ1) is 8.74. The van der Waals surface area contributed by atoms with Crippen molar-refractivity contribution < 1.29 is 4.79 Å². The summed E-state index contributed by atoms with van der Waals surface area (Å²) < 4.78 is 0. The van der Waals surface area contributed by atoms with Gasteiger partial charge in [-0.1, -0.05) is 0 Å². The van der Waals surface area contributed by atoms with Gasteiger partial charge in [-0.2, -0.15) is 0 Å². The zero-order valence-electron chi connectivity index (χ0n) is 7.87. The maximum absolute atomic E-state index is 10.8. The van der Waals surface area contributed by atoms with Gasteiger partial charge in [0.2, 0.25) is 5.91 Å². The second-order valence-corrected chi connectivity index (χ2v) is 3.12. The quantitative estimate of drug-likeness (QED) is 0.745. The van der Waals surface area contributed by atoms with E-state index in [9.17, 15) is 4.79 Å². The molecule has 1 amide bonds. The predicted octanol–water partition coefficient (Wildman–Crippen LogP) is 1.20. The number of hydrogen-bond acceptors (Lipinski definition) is 2. The number of amides is 1. The van der Waals surface area contributed by atoms with E-state index < -0.39 is 0 Å². The van der Waals surface area contributed by atoms with Crippen LogP contribution in [0.15, 0.2) is 24.5 Å². The molecule has 2 aromatic rings. The normalized spacial score (nSPS) is 10.4. The van der Waals surface area contributed by atoms with Gasteiger partial charge in [0.15, 0.2) is 0 Å². The van der Waals surface area contributed by atoms with Crippen molar-refractivity contribution in [2.75, 3.05) is 0 Å². The lowest BCUT2D eigenvalue weighted by Gasteiger charge is -2.02. The molecule has 4 heteroatoms. The lowest BCUT2D eigenvalue weighted by Crippen LogP contribution is -2.18. The molecule has 0 aliphatic heterocycles. The van der Waals surface area contributed by atoms with Gasteiger partial charge >= 0.3 is 0 Å². The first-order valence-corrected chi connectivity index (χ1v) is 4.43. The Hall–Kier alpha value is -1.84. The number of nitrogens with one attached hydrogen (secondary N) is 2. The van der Waals surface area contributed by atoms with Crippen LogP contribution in [0.4, 0.5) is 0 Å². The molecule has 4 nitrogen and oxygen atoms in total. The van der Waals surface area contributed by atoms with Crippen LogP contribution in [0.2, 0.25) is 0 Å². The third kappa shape index (κ3) is 1.59. The Balaban J connectivity index is 2.32. The molecule has 0 aliphatic rings. The van der Waals surface area contributed by atoms with Crippen molar-refractivity contribution in [2.24, 2.45) is 0 Å². The Labute approximate surface area is 81.3 Å². The second-order valence-electron chi connectivity index (χ2n) is 3.12. The highest BCUT2D eigenvalue weighted by Gasteiger charge is 2.02. The van der Waals surface area contributed by atoms with Gasteiger partial charge in [0.05, 0.1) is 0 Å². The number of hydrogen-bond donors (Lipinski definition) is 2. The molecule has 0 bridgehead atoms. The highest BCUT2D eigenvalue weighted by Crippen LogP contribution is 2.14. The zero-order valence-corrected chi connectivity index (χ0v) is 7.87. The number of aromatic amines is 1. The fourth-order valence-corrected chi connectivity index (χ4v) is 1.39. The Morgan fingerprint density at radius 3 is 3.21 bits per heavy atom. The van der Waals surface area contributed by atoms with Crippen molar-refractivity contribution >= 4 is 16.9 Å². The fraction of sp³-hybridized carbons (Fsp3) is 0.200. The summed E-state index contributed by atoms with van der Waals surface area (Å²) >= 11 is 0. The van der Waals surface area contributed by atoms with Crippen LogP contribution in [0.25, 0.3) is 11.0 Å². The lowest BCUT2D eigenvalue weighted by atomic mass is 10.2. The number of H-pyrrole nitrogens is 1. The molecular formula is C10H11N3O. The van der Waals surface area contributed by atoms with Crippen molar-refractivity contribution in [3.8, 4) is 0 Å². The molecule has 72 valence electrons. The highest BCUT2D eigenvalue weighted by molar-refractivity contribution is 5.80. The topological polar surface area (TPSA) is 57.8 Å². The van der Waals surface area contributed by atoms with Crippen LogP contribution in [0.5, 0.6) is 0 Å². The van der Waals surface area contributed by atoms with Gasteiger partial charge in [0.25, 0.3) is 0 Å². The van der Waals surface area contributed by atoms with Crippen LogP contribution in [-0.2, 0) is 11.3 Å². The third-order valence-corrected chi connectivity index (χ3v) is 2.08. The molecule has 0 saturated heterocycles. The van der Waals surface area contributed by atoms with E-state index in [1.807, 2.05) is 18.3 Å². The second kappa shape index (κ2) is 3.49. The molecule has 0 aromatic carbocycles. The third-order valence-electron chi connectivity index (χ3n) is 2.08. The molecule has 0 spiro atoms. The number of nitrogens with zero attached hydrogens (tertiary/aromatic N) is 1. The molecule has 0 atom stereocenters. The maximum Gasteiger partial charge on any atom is 0.217 e. The number of fused-ring (bicyclic) bond motifs is 1. The molecule has 0 fully saturated rings. The Morgan fingerprint density at radius 1 is 1.57 bits per heavy atom. The molecular weight excluding hydrogens is 178 g/mol. The summed E-state index contributed by atoms with van der Waals surface area (Å²) in [7, 11) is 0. The van der Waals surface area contributed by atoms with Gasteiger partial charge in [-0.25, -0.2) is 4.98 Å². The van der Waals surface area contributed by atoms with E-state index in [0.717, 1.165) is 16.6 Å². The van der Waals surface area contributed by atoms with E-state index in [1.165, 1.54) is 6.92 Å². The maximum atomic E-state index is 10.8. The summed E-state index contributed by atoms with van der Waals surface area (Å²) in [6.45, 7) is 2.06. The van der Waals surface area contributed by atoms with Crippen molar-refractivity contribution in [3.05, 3.63) is 30.1 Å². The van der Waals surface area contributed by atoms with Crippen molar-refractivity contribution in [2.45, 2.75) is 13.5 Å². The molecule has 0 radical (unpaired) electrons. The van der Waals surface area contributed by atoms with Crippen LogP contribution in [-0.4, -0.2) is 15.9 Å². The number of rotatable bonds is 2. The summed E-state index contributed by atoms with van der Waals surface area (Å²) in [6.07, 6.45) is 3.57. The highest BCUT2D eigenvalue weighted by atomic mass is 16.1. The standard InChI is InChI=1S/C10H11N3O/c1-7(14)13-6-8-2-4-11-10-9(8)3-5-12-10/h2-5H,6H2,1H3,(H,11,12)(H,13,14). The predicted molar refractivity (Wildman–Crippen MR) is 53.6 cm³/mol. The summed E-state index contributed by atoms with van der Waals surface area (Å²) in [6, 6.07) is 3.87. The Kier molecular flexibility index (Phi) is 2.18. The zero-order chi connectivity index (χ0) is 9.97. The molecule has 0 aliphatic carbocycles. The minimum Gasteiger partial charge on any atom is -0.352 e. The number of aromatic nitrogens is 2. The molecule has 0 saturated carbocycles. The van der Waals surface area contributed by atoms with Gasteiger partial charge in [-0.05, 0) is 17.7 Å². The van der Waals surface area contributed by atoms with Crippen LogP contribution < -0.4 is 5.32 Å². The first-order valence-electron chi connectivity index (χ1n) is 4.43. The summed E-state index contributed by atoms with van der Waals surface area (Å²) in [5.41, 5.74) is 1.93. The van der Waals surface area contributed by atoms with Crippen LogP contribution in [0, 0.1) is 0 Å². The Morgan fingerprint density at radius 2 is 2.43 bits per heavy atom. The van der Waals surface area contributed by atoms with E-state index in [0.29, 0.717) is 6.54 Å². The Bertz CT molecular complexity index is 461. The average molecular weight is 189 g/mol. The molecule has 14 heavy (non-hydrogen) atoms. The number of carbonyl (C=O) groups is 1. The van der Waals surface area contributed by atoms with Gasteiger partial charge in [-0.3, -0.25) is 4.79 Å². The van der Waals surface area contributed by atoms with Crippen molar-refractivity contribution in [3.63, 3.8) is 0 Å². The number of pyridine rings is 1. The first-order chi connectivity index (χ1) is 6.77. The minimum absolute atomic E-state index is 0.0227. The van der Waals surface area contributed by atoms with E-state index >= 15 is 0 Å². The van der Waals surface area contributed by atoms with Crippen molar-refractivity contribution in [1.82, 2.24) is 15.3 Å². The molecule has 0 unspecified atom stereocenters. The van der Waals surface area contributed by atoms with Gasteiger partial charge in [0, 0.05) is 31.2 Å². The van der Waals surface area contributed by atoms with E-state index in [4.69, 9.17) is 0 Å². The van der Waals surface area contributed by atoms with Crippen molar-refractivity contribution in [1.29, 1.82) is 0 Å². The molecule has 2 aromatic heterocycles. The van der Waals surface area contributed by atoms with E-state index in [2.05, 4.69) is 15.3 Å². The minimum atomic E-state index is -0.0227. The average Bonchev–Trinajstić information content (AvgIpc) is 2.62. The van der Waals surface area contributed by atoms with Gasteiger partial charge < -0.3 is 10.3 Å². The van der Waals surface area contributed by atoms with E-state index in [1.54, 1.807) is 6.20 Å². The fourth-order valence-electron chi connectivity index (χ4n) is 1.39.